The van der Waals surface area contributed by atoms with Crippen molar-refractivity contribution in [1.29, 1.82) is 0 Å². The van der Waals surface area contributed by atoms with Crippen LogP contribution < -0.4 is 5.32 Å². The van der Waals surface area contributed by atoms with Crippen molar-refractivity contribution in [3.05, 3.63) is 41.5 Å². The zero-order valence-electron chi connectivity index (χ0n) is 14.2. The zero-order valence-corrected chi connectivity index (χ0v) is 14.2. The van der Waals surface area contributed by atoms with Crippen LogP contribution in [-0.2, 0) is 0 Å². The van der Waals surface area contributed by atoms with Crippen molar-refractivity contribution in [3.63, 3.8) is 0 Å². The Hall–Kier alpha value is -1.24. The molecule has 1 aromatic rings. The summed E-state index contributed by atoms with van der Waals surface area (Å²) >= 11 is 0. The van der Waals surface area contributed by atoms with Gasteiger partial charge in [0.1, 0.15) is 0 Å². The van der Waals surface area contributed by atoms with Crippen LogP contribution in [0.2, 0.25) is 0 Å². The van der Waals surface area contributed by atoms with Crippen molar-refractivity contribution in [1.82, 2.24) is 0 Å². The van der Waals surface area contributed by atoms with E-state index in [0.717, 1.165) is 24.3 Å². The van der Waals surface area contributed by atoms with E-state index in [4.69, 9.17) is 0 Å². The molecule has 2 aliphatic carbocycles. The zero-order chi connectivity index (χ0) is 15.3. The molecular formula is C21H29N. The van der Waals surface area contributed by atoms with Crippen LogP contribution in [0.3, 0.4) is 0 Å². The monoisotopic (exact) mass is 295 g/mol. The normalized spacial score (nSPS) is 35.5. The lowest BCUT2D eigenvalue weighted by Gasteiger charge is -2.50. The molecule has 1 N–H and O–H groups in total. The van der Waals surface area contributed by atoms with Crippen LogP contribution in [0, 0.1) is 23.2 Å². The molecule has 1 heterocycles. The lowest BCUT2D eigenvalue weighted by atomic mass is 9.55. The van der Waals surface area contributed by atoms with Crippen molar-refractivity contribution < 1.29 is 0 Å². The van der Waals surface area contributed by atoms with E-state index < -0.39 is 0 Å². The van der Waals surface area contributed by atoms with Crippen LogP contribution in [0.5, 0.6) is 0 Å². The number of para-hydroxylation sites is 1. The highest BCUT2D eigenvalue weighted by Gasteiger charge is 2.44. The summed E-state index contributed by atoms with van der Waals surface area (Å²) in [5.74, 6) is 3.33. The van der Waals surface area contributed by atoms with Crippen LogP contribution in [0.1, 0.15) is 57.9 Å². The molecule has 0 aromatic heterocycles. The van der Waals surface area contributed by atoms with Gasteiger partial charge in [-0.05, 0) is 67.4 Å². The van der Waals surface area contributed by atoms with Gasteiger partial charge in [0.05, 0.1) is 0 Å². The predicted molar refractivity (Wildman–Crippen MR) is 94.1 cm³/mol. The molecule has 4 rings (SSSR count). The van der Waals surface area contributed by atoms with Crippen LogP contribution in [0.15, 0.2) is 35.9 Å². The fourth-order valence-electron chi connectivity index (χ4n) is 5.44. The first-order valence-corrected chi connectivity index (χ1v) is 9.04. The highest BCUT2D eigenvalue weighted by atomic mass is 14.9. The molecule has 3 aliphatic rings. The SMILES string of the molecule is CC1=CC[C@H]2C[C@H]1[C@@H](C[C@H]1CNc3ccccc31)CC2(C)C. The molecule has 1 aliphatic heterocycles. The fourth-order valence-corrected chi connectivity index (χ4v) is 5.44. The highest BCUT2D eigenvalue weighted by molar-refractivity contribution is 5.57. The molecule has 22 heavy (non-hydrogen) atoms. The van der Waals surface area contributed by atoms with E-state index in [0.29, 0.717) is 11.3 Å². The Morgan fingerprint density at radius 3 is 2.91 bits per heavy atom. The lowest BCUT2D eigenvalue weighted by Crippen LogP contribution is -2.40. The van der Waals surface area contributed by atoms with Gasteiger partial charge in [-0.1, -0.05) is 43.7 Å². The molecule has 1 fully saturated rings. The molecular weight excluding hydrogens is 266 g/mol. The van der Waals surface area contributed by atoms with E-state index in [-0.39, 0.29) is 0 Å². The molecule has 0 unspecified atom stereocenters. The molecule has 0 amide bonds. The van der Waals surface area contributed by atoms with E-state index >= 15 is 0 Å². The first kappa shape index (κ1) is 14.4. The summed E-state index contributed by atoms with van der Waals surface area (Å²) in [6, 6.07) is 8.92. The van der Waals surface area contributed by atoms with Crippen molar-refractivity contribution in [3.8, 4) is 0 Å². The Morgan fingerprint density at radius 2 is 2.05 bits per heavy atom. The van der Waals surface area contributed by atoms with Gasteiger partial charge < -0.3 is 5.32 Å². The van der Waals surface area contributed by atoms with E-state index in [9.17, 15) is 0 Å². The van der Waals surface area contributed by atoms with Crippen molar-refractivity contribution >= 4 is 5.69 Å². The van der Waals surface area contributed by atoms with Gasteiger partial charge >= 0.3 is 0 Å². The van der Waals surface area contributed by atoms with Crippen molar-refractivity contribution in [2.45, 2.75) is 52.4 Å². The molecule has 0 radical (unpaired) electrons. The molecule has 0 saturated heterocycles. The average Bonchev–Trinajstić information content (AvgIpc) is 2.89. The van der Waals surface area contributed by atoms with Crippen LogP contribution in [0.25, 0.3) is 0 Å². The summed E-state index contributed by atoms with van der Waals surface area (Å²) < 4.78 is 0. The number of nitrogens with one attached hydrogen (secondary N) is 1. The number of fused-ring (bicyclic) bond motifs is 3. The molecule has 1 aromatic carbocycles. The van der Waals surface area contributed by atoms with Gasteiger partial charge in [0, 0.05) is 18.2 Å². The van der Waals surface area contributed by atoms with E-state index in [1.807, 2.05) is 0 Å². The van der Waals surface area contributed by atoms with Crippen LogP contribution in [0.4, 0.5) is 5.69 Å². The second-order valence-electron chi connectivity index (χ2n) is 8.58. The van der Waals surface area contributed by atoms with Gasteiger partial charge in [-0.15, -0.1) is 0 Å². The second-order valence-corrected chi connectivity index (χ2v) is 8.58. The summed E-state index contributed by atoms with van der Waals surface area (Å²) in [5.41, 5.74) is 5.12. The number of hydrogen-bond acceptors (Lipinski definition) is 1. The third kappa shape index (κ3) is 2.30. The Balaban J connectivity index is 1.58. The van der Waals surface area contributed by atoms with E-state index in [1.165, 1.54) is 31.4 Å². The maximum atomic E-state index is 3.61. The Kier molecular flexibility index (Phi) is 3.36. The average molecular weight is 295 g/mol. The third-order valence-corrected chi connectivity index (χ3v) is 6.84. The number of benzene rings is 1. The fraction of sp³-hybridized carbons (Fsp3) is 0.619. The molecule has 0 spiro atoms. The quantitative estimate of drug-likeness (QED) is 0.700. The number of allylic oxidation sites excluding steroid dienone is 2. The Labute approximate surface area is 135 Å². The third-order valence-electron chi connectivity index (χ3n) is 6.84. The van der Waals surface area contributed by atoms with Gasteiger partial charge in [0.2, 0.25) is 0 Å². The minimum absolute atomic E-state index is 0.518. The Morgan fingerprint density at radius 1 is 1.23 bits per heavy atom. The molecule has 1 heteroatoms. The summed E-state index contributed by atoms with van der Waals surface area (Å²) in [4.78, 5) is 0. The summed E-state index contributed by atoms with van der Waals surface area (Å²) in [6.45, 7) is 8.54. The van der Waals surface area contributed by atoms with Gasteiger partial charge in [0.15, 0.2) is 0 Å². The summed E-state index contributed by atoms with van der Waals surface area (Å²) in [5, 5.41) is 3.61. The predicted octanol–water partition coefficient (Wildman–Crippen LogP) is 5.60. The molecule has 2 bridgehead atoms. The van der Waals surface area contributed by atoms with E-state index in [1.54, 1.807) is 11.1 Å². The molecule has 1 nitrogen and oxygen atoms in total. The lowest BCUT2D eigenvalue weighted by molar-refractivity contribution is 0.0467. The van der Waals surface area contributed by atoms with Crippen LogP contribution in [-0.4, -0.2) is 6.54 Å². The maximum Gasteiger partial charge on any atom is 0.0376 e. The standard InChI is InChI=1S/C21H29N/c1-14-8-9-17-11-19(14)15(12-21(17,2)3)10-16-13-22-20-7-5-4-6-18(16)20/h4-8,15-17,19,22H,9-13H2,1-3H3/t15-,16-,17-,19+/m0/s1. The smallest absolute Gasteiger partial charge is 0.0376 e. The van der Waals surface area contributed by atoms with Crippen molar-refractivity contribution in [2.24, 2.45) is 23.2 Å². The second kappa shape index (κ2) is 5.15. The van der Waals surface area contributed by atoms with Gasteiger partial charge in [0.25, 0.3) is 0 Å². The maximum absolute atomic E-state index is 3.61. The van der Waals surface area contributed by atoms with Crippen molar-refractivity contribution in [2.75, 3.05) is 11.9 Å². The summed E-state index contributed by atoms with van der Waals surface area (Å²) in [7, 11) is 0. The number of anilines is 1. The molecule has 118 valence electrons. The van der Waals surface area contributed by atoms with Crippen LogP contribution >= 0.6 is 0 Å². The number of hydrogen-bond donors (Lipinski definition) is 1. The minimum atomic E-state index is 0.518. The van der Waals surface area contributed by atoms with Gasteiger partial charge in [-0.2, -0.15) is 0 Å². The number of rotatable bonds is 2. The van der Waals surface area contributed by atoms with Gasteiger partial charge in [-0.25, -0.2) is 0 Å². The largest absolute Gasteiger partial charge is 0.384 e. The Bertz CT molecular complexity index is 598. The molecule has 1 saturated carbocycles. The first-order valence-electron chi connectivity index (χ1n) is 9.04. The first-order chi connectivity index (χ1) is 10.5. The topological polar surface area (TPSA) is 12.0 Å². The minimum Gasteiger partial charge on any atom is -0.384 e. The van der Waals surface area contributed by atoms with E-state index in [2.05, 4.69) is 56.4 Å². The summed E-state index contributed by atoms with van der Waals surface area (Å²) in [6.07, 6.45) is 8.06. The van der Waals surface area contributed by atoms with Gasteiger partial charge in [-0.3, -0.25) is 0 Å². The highest BCUT2D eigenvalue weighted by Crippen LogP contribution is 2.54. The molecule has 4 atom stereocenters.